The lowest BCUT2D eigenvalue weighted by Gasteiger charge is -1.95. The van der Waals surface area contributed by atoms with Crippen LogP contribution in [0.2, 0.25) is 0 Å². The molecule has 0 saturated heterocycles. The Morgan fingerprint density at radius 3 is 2.67 bits per heavy atom. The van der Waals surface area contributed by atoms with Gasteiger partial charge in [-0.15, -0.1) is 0 Å². The SMILES string of the molecule is [C-]#[N+]c1ccc(C(=O)O)c(F)c1. The van der Waals surface area contributed by atoms with Gasteiger partial charge in [-0.05, 0) is 6.07 Å². The Labute approximate surface area is 67.9 Å². The van der Waals surface area contributed by atoms with Crippen LogP contribution < -0.4 is 0 Å². The van der Waals surface area contributed by atoms with E-state index in [9.17, 15) is 9.18 Å². The van der Waals surface area contributed by atoms with Gasteiger partial charge >= 0.3 is 5.97 Å². The highest BCUT2D eigenvalue weighted by molar-refractivity contribution is 5.88. The van der Waals surface area contributed by atoms with Crippen molar-refractivity contribution in [3.63, 3.8) is 0 Å². The van der Waals surface area contributed by atoms with Gasteiger partial charge in [-0.1, -0.05) is 12.1 Å². The van der Waals surface area contributed by atoms with E-state index in [0.29, 0.717) is 0 Å². The maximum absolute atomic E-state index is 12.8. The third-order valence-corrected chi connectivity index (χ3v) is 1.31. The maximum atomic E-state index is 12.8. The lowest BCUT2D eigenvalue weighted by Crippen LogP contribution is -1.99. The van der Waals surface area contributed by atoms with Crippen molar-refractivity contribution < 1.29 is 14.3 Å². The molecule has 4 heteroatoms. The molecule has 0 aliphatic rings. The highest BCUT2D eigenvalue weighted by atomic mass is 19.1. The fraction of sp³-hybridized carbons (Fsp3) is 0. The fourth-order valence-electron chi connectivity index (χ4n) is 0.747. The van der Waals surface area contributed by atoms with E-state index < -0.39 is 17.3 Å². The minimum absolute atomic E-state index is 0.0949. The number of carbonyl (C=O) groups is 1. The Kier molecular flexibility index (Phi) is 2.06. The van der Waals surface area contributed by atoms with E-state index in [1.807, 2.05) is 0 Å². The summed E-state index contributed by atoms with van der Waals surface area (Å²) in [7, 11) is 0. The highest BCUT2D eigenvalue weighted by Crippen LogP contribution is 2.16. The van der Waals surface area contributed by atoms with Crippen molar-refractivity contribution in [2.24, 2.45) is 0 Å². The summed E-state index contributed by atoms with van der Waals surface area (Å²) in [5.74, 6) is -2.21. The van der Waals surface area contributed by atoms with E-state index in [4.69, 9.17) is 11.7 Å². The van der Waals surface area contributed by atoms with E-state index in [2.05, 4.69) is 4.85 Å². The molecule has 3 nitrogen and oxygen atoms in total. The predicted molar refractivity (Wildman–Crippen MR) is 39.6 cm³/mol. The molecule has 0 spiro atoms. The Morgan fingerprint density at radius 2 is 2.25 bits per heavy atom. The standard InChI is InChI=1S/C8H4FNO2/c1-10-5-2-3-6(8(11)12)7(9)4-5/h2-4H,(H,11,12). The van der Waals surface area contributed by atoms with Gasteiger partial charge in [-0.3, -0.25) is 0 Å². The molecule has 0 atom stereocenters. The van der Waals surface area contributed by atoms with Gasteiger partial charge < -0.3 is 5.11 Å². The molecule has 0 aliphatic heterocycles. The molecule has 0 amide bonds. The number of hydrogen-bond donors (Lipinski definition) is 1. The molecule has 1 N–H and O–H groups in total. The first-order valence-corrected chi connectivity index (χ1v) is 3.05. The Bertz CT molecular complexity index is 368. The Balaban J connectivity index is 3.23. The summed E-state index contributed by atoms with van der Waals surface area (Å²) in [5, 5.41) is 8.41. The van der Waals surface area contributed by atoms with Gasteiger partial charge in [-0.25, -0.2) is 14.0 Å². The van der Waals surface area contributed by atoms with Crippen molar-refractivity contribution >= 4 is 11.7 Å². The maximum Gasteiger partial charge on any atom is 0.338 e. The highest BCUT2D eigenvalue weighted by Gasteiger charge is 2.09. The topological polar surface area (TPSA) is 41.7 Å². The van der Waals surface area contributed by atoms with Gasteiger partial charge in [0.15, 0.2) is 5.69 Å². The van der Waals surface area contributed by atoms with E-state index >= 15 is 0 Å². The lowest BCUT2D eigenvalue weighted by atomic mass is 10.2. The molecule has 0 saturated carbocycles. The summed E-state index contributed by atoms with van der Waals surface area (Å²) in [5.41, 5.74) is -0.320. The van der Waals surface area contributed by atoms with Crippen LogP contribution in [0.4, 0.5) is 10.1 Å². The molecule has 0 aliphatic carbocycles. The second kappa shape index (κ2) is 3.01. The zero-order valence-electron chi connectivity index (χ0n) is 5.91. The Morgan fingerprint density at radius 1 is 1.58 bits per heavy atom. The zero-order valence-corrected chi connectivity index (χ0v) is 5.91. The van der Waals surface area contributed by atoms with Crippen LogP contribution in [0.15, 0.2) is 18.2 Å². The first-order chi connectivity index (χ1) is 5.65. The number of benzene rings is 1. The van der Waals surface area contributed by atoms with E-state index in [-0.39, 0.29) is 5.69 Å². The number of carboxylic acid groups (broad SMARTS) is 1. The van der Waals surface area contributed by atoms with Crippen molar-refractivity contribution in [2.75, 3.05) is 0 Å². The van der Waals surface area contributed by atoms with E-state index in [0.717, 1.165) is 12.1 Å². The number of aromatic carboxylic acids is 1. The summed E-state index contributed by atoms with van der Waals surface area (Å²) in [4.78, 5) is 13.3. The third kappa shape index (κ3) is 1.40. The van der Waals surface area contributed by atoms with Crippen LogP contribution in [-0.4, -0.2) is 11.1 Å². The average Bonchev–Trinajstić information content (AvgIpc) is 2.03. The molecule has 1 rings (SSSR count). The number of hydrogen-bond acceptors (Lipinski definition) is 1. The van der Waals surface area contributed by atoms with Crippen LogP contribution in [0.1, 0.15) is 10.4 Å². The molecule has 0 fully saturated rings. The molecule has 1 aromatic carbocycles. The van der Waals surface area contributed by atoms with Gasteiger partial charge in [0.2, 0.25) is 0 Å². The van der Waals surface area contributed by atoms with Gasteiger partial charge in [0.1, 0.15) is 5.82 Å². The van der Waals surface area contributed by atoms with Crippen molar-refractivity contribution in [2.45, 2.75) is 0 Å². The molecule has 1 aromatic rings. The molecular weight excluding hydrogens is 161 g/mol. The second-order valence-electron chi connectivity index (χ2n) is 2.08. The smallest absolute Gasteiger partial charge is 0.338 e. The van der Waals surface area contributed by atoms with Gasteiger partial charge in [-0.2, -0.15) is 0 Å². The molecule has 60 valence electrons. The molecular formula is C8H4FNO2. The largest absolute Gasteiger partial charge is 0.478 e. The van der Waals surface area contributed by atoms with Crippen LogP contribution in [0, 0.1) is 12.4 Å². The summed E-state index contributed by atoms with van der Waals surface area (Å²) < 4.78 is 12.8. The summed E-state index contributed by atoms with van der Waals surface area (Å²) >= 11 is 0. The lowest BCUT2D eigenvalue weighted by molar-refractivity contribution is 0.0692. The van der Waals surface area contributed by atoms with Crippen LogP contribution in [0.25, 0.3) is 4.85 Å². The van der Waals surface area contributed by atoms with Gasteiger partial charge in [0.05, 0.1) is 12.1 Å². The zero-order chi connectivity index (χ0) is 9.14. The number of carboxylic acids is 1. The summed E-state index contributed by atoms with van der Waals surface area (Å²) in [6.45, 7) is 6.53. The Hall–Kier alpha value is -1.89. The van der Waals surface area contributed by atoms with Gasteiger partial charge in [0, 0.05) is 0 Å². The molecule has 0 bridgehead atoms. The molecule has 0 aromatic heterocycles. The fourth-order valence-corrected chi connectivity index (χ4v) is 0.747. The first-order valence-electron chi connectivity index (χ1n) is 3.05. The number of halogens is 1. The van der Waals surface area contributed by atoms with Gasteiger partial charge in [0.25, 0.3) is 0 Å². The minimum atomic E-state index is -1.33. The third-order valence-electron chi connectivity index (χ3n) is 1.31. The van der Waals surface area contributed by atoms with E-state index in [1.165, 1.54) is 6.07 Å². The van der Waals surface area contributed by atoms with Crippen LogP contribution in [-0.2, 0) is 0 Å². The average molecular weight is 165 g/mol. The quantitative estimate of drug-likeness (QED) is 0.647. The van der Waals surface area contributed by atoms with Crippen molar-refractivity contribution in [1.29, 1.82) is 0 Å². The predicted octanol–water partition coefficient (Wildman–Crippen LogP) is 2.07. The van der Waals surface area contributed by atoms with Crippen molar-refractivity contribution in [1.82, 2.24) is 0 Å². The molecule has 0 heterocycles. The number of nitrogens with zero attached hydrogens (tertiary/aromatic N) is 1. The van der Waals surface area contributed by atoms with Crippen LogP contribution in [0.3, 0.4) is 0 Å². The molecule has 0 radical (unpaired) electrons. The first kappa shape index (κ1) is 8.21. The van der Waals surface area contributed by atoms with Crippen molar-refractivity contribution in [3.05, 3.63) is 41.0 Å². The minimum Gasteiger partial charge on any atom is -0.478 e. The number of rotatable bonds is 1. The van der Waals surface area contributed by atoms with Crippen LogP contribution >= 0.6 is 0 Å². The van der Waals surface area contributed by atoms with E-state index in [1.54, 1.807) is 0 Å². The molecule has 0 unspecified atom stereocenters. The molecule has 12 heavy (non-hydrogen) atoms. The van der Waals surface area contributed by atoms with Crippen molar-refractivity contribution in [3.8, 4) is 0 Å². The normalized spacial score (nSPS) is 9.00. The van der Waals surface area contributed by atoms with Crippen LogP contribution in [0.5, 0.6) is 0 Å². The second-order valence-corrected chi connectivity index (χ2v) is 2.08. The monoisotopic (exact) mass is 165 g/mol. The summed E-state index contributed by atoms with van der Waals surface area (Å²) in [6, 6.07) is 3.24. The summed E-state index contributed by atoms with van der Waals surface area (Å²) in [6.07, 6.45) is 0.